The van der Waals surface area contributed by atoms with Crippen LogP contribution in [-0.2, 0) is 6.32 Å². The molecule has 0 unspecified atom stereocenters. The van der Waals surface area contributed by atoms with Crippen LogP contribution in [0.15, 0.2) is 12.1 Å². The van der Waals surface area contributed by atoms with Gasteiger partial charge in [0.05, 0.1) is 19.9 Å². The van der Waals surface area contributed by atoms with Crippen LogP contribution in [0.2, 0.25) is 0 Å². The molecule has 0 atom stereocenters. The number of ether oxygens (including phenoxy) is 1. The Balaban J connectivity index is 3.35. The van der Waals surface area contributed by atoms with Crippen LogP contribution in [0.4, 0.5) is 10.1 Å². The van der Waals surface area contributed by atoms with E-state index in [1.165, 1.54) is 13.2 Å². The van der Waals surface area contributed by atoms with Gasteiger partial charge in [0.1, 0.15) is 0 Å². The summed E-state index contributed by atoms with van der Waals surface area (Å²) in [5.41, 5.74) is -0.0528. The van der Waals surface area contributed by atoms with Gasteiger partial charge in [-0.25, -0.2) is 4.39 Å². The van der Waals surface area contributed by atoms with Crippen molar-refractivity contribution >= 4 is 13.5 Å². The van der Waals surface area contributed by atoms with Crippen molar-refractivity contribution in [3.8, 4) is 5.75 Å². The van der Waals surface area contributed by atoms with Crippen LogP contribution in [0.25, 0.3) is 0 Å². The van der Waals surface area contributed by atoms with Gasteiger partial charge in [-0.3, -0.25) is 10.1 Å². The van der Waals surface area contributed by atoms with E-state index in [4.69, 9.17) is 7.85 Å². The van der Waals surface area contributed by atoms with Gasteiger partial charge in [0.2, 0.25) is 5.75 Å². The molecule has 0 spiro atoms. The normalized spacial score (nSPS) is 9.86. The number of nitro benzene ring substituents is 1. The van der Waals surface area contributed by atoms with Crippen molar-refractivity contribution in [2.75, 3.05) is 7.11 Å². The lowest BCUT2D eigenvalue weighted by atomic mass is 9.96. The lowest BCUT2D eigenvalue weighted by Gasteiger charge is -2.04. The molecule has 0 N–H and O–H groups in total. The molecule has 1 aromatic rings. The Morgan fingerprint density at radius 2 is 2.29 bits per heavy atom. The van der Waals surface area contributed by atoms with Crippen molar-refractivity contribution in [1.82, 2.24) is 0 Å². The molecule has 4 nitrogen and oxygen atoms in total. The molecular formula is C8H7BFNO3. The third kappa shape index (κ3) is 1.84. The molecule has 0 aromatic heterocycles. The summed E-state index contributed by atoms with van der Waals surface area (Å²) >= 11 is 0. The molecule has 0 bridgehead atoms. The van der Waals surface area contributed by atoms with Gasteiger partial charge in [-0.05, 0) is 11.6 Å². The van der Waals surface area contributed by atoms with Gasteiger partial charge >= 0.3 is 5.69 Å². The quantitative estimate of drug-likeness (QED) is 0.416. The highest BCUT2D eigenvalue weighted by molar-refractivity contribution is 6.08. The summed E-state index contributed by atoms with van der Waals surface area (Å²) in [6, 6.07) is 2.31. The van der Waals surface area contributed by atoms with Gasteiger partial charge in [0.25, 0.3) is 0 Å². The first-order valence-electron chi connectivity index (χ1n) is 3.81. The maximum atomic E-state index is 13.2. The predicted molar refractivity (Wildman–Crippen MR) is 49.1 cm³/mol. The Labute approximate surface area is 81.2 Å². The number of nitro groups is 1. The molecular weight excluding hydrogens is 188 g/mol. The van der Waals surface area contributed by atoms with E-state index in [2.05, 4.69) is 4.74 Å². The highest BCUT2D eigenvalue weighted by Gasteiger charge is 2.20. The molecule has 0 aliphatic carbocycles. The van der Waals surface area contributed by atoms with E-state index in [0.717, 1.165) is 6.07 Å². The second-order valence-corrected chi connectivity index (χ2v) is 2.59. The molecule has 0 amide bonds. The van der Waals surface area contributed by atoms with Gasteiger partial charge in [0.15, 0.2) is 5.82 Å². The van der Waals surface area contributed by atoms with E-state index in [9.17, 15) is 14.5 Å². The van der Waals surface area contributed by atoms with Crippen molar-refractivity contribution in [2.24, 2.45) is 0 Å². The van der Waals surface area contributed by atoms with Crippen LogP contribution in [0.3, 0.4) is 0 Å². The fourth-order valence-electron chi connectivity index (χ4n) is 1.09. The van der Waals surface area contributed by atoms with E-state index in [0.29, 0.717) is 5.56 Å². The van der Waals surface area contributed by atoms with Crippen molar-refractivity contribution < 1.29 is 14.1 Å². The van der Waals surface area contributed by atoms with Crippen LogP contribution >= 0.6 is 0 Å². The van der Waals surface area contributed by atoms with Crippen LogP contribution in [0.1, 0.15) is 5.56 Å². The topological polar surface area (TPSA) is 52.4 Å². The van der Waals surface area contributed by atoms with Crippen LogP contribution in [0.5, 0.6) is 5.75 Å². The first kappa shape index (κ1) is 10.5. The standard InChI is InChI=1S/C8H7BFNO3/c1-14-8-6(10)2-5(4-9)3-7(8)11(12)13/h2-3H,4H2,1H3. The molecule has 0 saturated heterocycles. The zero-order valence-corrected chi connectivity index (χ0v) is 7.49. The molecule has 1 rings (SSSR count). The summed E-state index contributed by atoms with van der Waals surface area (Å²) < 4.78 is 17.8. The number of methoxy groups -OCH3 is 1. The highest BCUT2D eigenvalue weighted by Crippen LogP contribution is 2.30. The van der Waals surface area contributed by atoms with Gasteiger partial charge in [-0.15, -0.1) is 0 Å². The predicted octanol–water partition coefficient (Wildman–Crippen LogP) is 1.41. The molecule has 0 heterocycles. The number of rotatable bonds is 3. The molecule has 14 heavy (non-hydrogen) atoms. The van der Waals surface area contributed by atoms with Gasteiger partial charge < -0.3 is 4.74 Å². The van der Waals surface area contributed by atoms with Crippen LogP contribution < -0.4 is 4.74 Å². The minimum Gasteiger partial charge on any atom is -0.488 e. The third-order valence-electron chi connectivity index (χ3n) is 1.72. The summed E-state index contributed by atoms with van der Waals surface area (Å²) in [6.07, 6.45) is 0.0434. The Morgan fingerprint density at radius 3 is 2.71 bits per heavy atom. The lowest BCUT2D eigenvalue weighted by molar-refractivity contribution is -0.386. The van der Waals surface area contributed by atoms with E-state index in [1.807, 2.05) is 0 Å². The minimum atomic E-state index is -0.776. The second-order valence-electron chi connectivity index (χ2n) is 2.59. The van der Waals surface area contributed by atoms with E-state index in [-0.39, 0.29) is 12.1 Å². The molecule has 1 aromatic carbocycles. The Kier molecular flexibility index (Phi) is 3.06. The van der Waals surface area contributed by atoms with E-state index in [1.54, 1.807) is 0 Å². The van der Waals surface area contributed by atoms with Crippen LogP contribution in [0, 0.1) is 15.9 Å². The van der Waals surface area contributed by atoms with E-state index < -0.39 is 16.4 Å². The zero-order chi connectivity index (χ0) is 10.7. The average Bonchev–Trinajstić information content (AvgIpc) is 2.16. The van der Waals surface area contributed by atoms with Crippen molar-refractivity contribution in [3.05, 3.63) is 33.6 Å². The fourth-order valence-corrected chi connectivity index (χ4v) is 1.09. The second kappa shape index (κ2) is 4.08. The fraction of sp³-hybridized carbons (Fsp3) is 0.250. The Bertz CT molecular complexity index is 370. The minimum absolute atomic E-state index is 0.0434. The Hall–Kier alpha value is -1.59. The van der Waals surface area contributed by atoms with Gasteiger partial charge in [-0.2, -0.15) is 0 Å². The van der Waals surface area contributed by atoms with E-state index >= 15 is 0 Å². The SMILES string of the molecule is [B]Cc1cc(F)c(OC)c([N+](=O)[O-])c1. The molecule has 6 heteroatoms. The van der Waals surface area contributed by atoms with Crippen molar-refractivity contribution in [2.45, 2.75) is 6.32 Å². The molecule has 0 saturated carbocycles. The monoisotopic (exact) mass is 195 g/mol. The third-order valence-corrected chi connectivity index (χ3v) is 1.72. The number of benzene rings is 1. The highest BCUT2D eigenvalue weighted by atomic mass is 19.1. The number of hydrogen-bond acceptors (Lipinski definition) is 3. The molecule has 72 valence electrons. The number of hydrogen-bond donors (Lipinski definition) is 0. The first-order chi connectivity index (χ1) is 6.60. The largest absolute Gasteiger partial charge is 0.488 e. The van der Waals surface area contributed by atoms with Crippen LogP contribution in [-0.4, -0.2) is 19.9 Å². The average molecular weight is 195 g/mol. The summed E-state index contributed by atoms with van der Waals surface area (Å²) in [7, 11) is 6.42. The Morgan fingerprint density at radius 1 is 1.64 bits per heavy atom. The molecule has 0 fully saturated rings. The van der Waals surface area contributed by atoms with Gasteiger partial charge in [0, 0.05) is 6.07 Å². The lowest BCUT2D eigenvalue weighted by Crippen LogP contribution is -1.98. The first-order valence-corrected chi connectivity index (χ1v) is 3.81. The molecule has 0 aliphatic rings. The summed E-state index contributed by atoms with van der Waals surface area (Å²) in [6.45, 7) is 0. The smallest absolute Gasteiger partial charge is 0.314 e. The summed E-state index contributed by atoms with van der Waals surface area (Å²) in [4.78, 5) is 9.81. The maximum absolute atomic E-state index is 13.2. The number of nitrogens with zero attached hydrogens (tertiary/aromatic N) is 1. The maximum Gasteiger partial charge on any atom is 0.314 e. The van der Waals surface area contributed by atoms with Gasteiger partial charge in [-0.1, -0.05) is 6.32 Å². The molecule has 0 aliphatic heterocycles. The zero-order valence-electron chi connectivity index (χ0n) is 7.49. The van der Waals surface area contributed by atoms with Crippen molar-refractivity contribution in [1.29, 1.82) is 0 Å². The molecule has 2 radical (unpaired) electrons. The number of halogens is 1. The van der Waals surface area contributed by atoms with Crippen molar-refractivity contribution in [3.63, 3.8) is 0 Å². The summed E-state index contributed by atoms with van der Waals surface area (Å²) in [5, 5.41) is 10.5. The summed E-state index contributed by atoms with van der Waals surface area (Å²) in [5.74, 6) is -1.14.